The van der Waals surface area contributed by atoms with Gasteiger partial charge in [0.2, 0.25) is 5.91 Å². The number of hydrogen-bond acceptors (Lipinski definition) is 7. The molecular formula is C27H31N5O5. The number of nitrogens with one attached hydrogen (secondary N) is 3. The standard InChI is InChI=1S/C27H31N5O5/c1-4-25(33)29-26-17-32(11-12-37-26)23-8-6-5-7-22(23)27(34)28-24-15-19(30-31-24)10-9-18-13-20(35-2)16-21(14-18)36-3/h4-8,13-16,26H,1,9-12,17H2,2-3H3,(H,29,33)(H2,28,30,31,34). The zero-order valence-electron chi connectivity index (χ0n) is 21.0. The van der Waals surface area contributed by atoms with Crippen LogP contribution in [0.4, 0.5) is 11.5 Å². The van der Waals surface area contributed by atoms with Crippen molar-refractivity contribution in [2.24, 2.45) is 0 Å². The molecule has 0 radical (unpaired) electrons. The second kappa shape index (κ2) is 12.1. The van der Waals surface area contributed by atoms with Gasteiger partial charge in [0.15, 0.2) is 5.82 Å². The lowest BCUT2D eigenvalue weighted by Gasteiger charge is -2.35. The number of methoxy groups -OCH3 is 2. The normalized spacial score (nSPS) is 15.1. The molecule has 2 amide bonds. The van der Waals surface area contributed by atoms with Crippen LogP contribution in [-0.2, 0) is 22.4 Å². The van der Waals surface area contributed by atoms with E-state index in [0.717, 1.165) is 34.9 Å². The van der Waals surface area contributed by atoms with Crippen molar-refractivity contribution in [2.75, 3.05) is 44.1 Å². The van der Waals surface area contributed by atoms with Crippen LogP contribution in [0.5, 0.6) is 11.5 Å². The van der Waals surface area contributed by atoms with Crippen molar-refractivity contribution in [3.63, 3.8) is 0 Å². The number of aryl methyl sites for hydroxylation is 2. The fourth-order valence-electron chi connectivity index (χ4n) is 4.14. The van der Waals surface area contributed by atoms with Crippen LogP contribution in [0.3, 0.4) is 0 Å². The van der Waals surface area contributed by atoms with Crippen molar-refractivity contribution in [1.82, 2.24) is 15.5 Å². The van der Waals surface area contributed by atoms with Crippen molar-refractivity contribution in [3.8, 4) is 11.5 Å². The molecule has 1 unspecified atom stereocenters. The first-order chi connectivity index (χ1) is 18.0. The molecule has 0 spiro atoms. The molecule has 37 heavy (non-hydrogen) atoms. The number of carbonyl (C=O) groups is 2. The molecule has 1 saturated heterocycles. The Hall–Kier alpha value is -4.31. The van der Waals surface area contributed by atoms with Gasteiger partial charge in [0.1, 0.15) is 17.7 Å². The summed E-state index contributed by atoms with van der Waals surface area (Å²) in [6, 6.07) is 14.9. The molecule has 0 saturated carbocycles. The number of aromatic nitrogens is 2. The molecular weight excluding hydrogens is 474 g/mol. The Morgan fingerprint density at radius 1 is 1.16 bits per heavy atom. The van der Waals surface area contributed by atoms with E-state index in [1.807, 2.05) is 47.4 Å². The number of H-pyrrole nitrogens is 1. The summed E-state index contributed by atoms with van der Waals surface area (Å²) in [5, 5.41) is 12.9. The molecule has 0 bridgehead atoms. The number of carbonyl (C=O) groups excluding carboxylic acids is 2. The van der Waals surface area contributed by atoms with Gasteiger partial charge in [0.25, 0.3) is 5.91 Å². The van der Waals surface area contributed by atoms with E-state index < -0.39 is 6.23 Å². The zero-order chi connectivity index (χ0) is 26.2. The Labute approximate surface area is 215 Å². The van der Waals surface area contributed by atoms with Crippen LogP contribution >= 0.6 is 0 Å². The van der Waals surface area contributed by atoms with Crippen molar-refractivity contribution < 1.29 is 23.8 Å². The van der Waals surface area contributed by atoms with Gasteiger partial charge >= 0.3 is 0 Å². The molecule has 3 N–H and O–H groups in total. The highest BCUT2D eigenvalue weighted by molar-refractivity contribution is 6.07. The van der Waals surface area contributed by atoms with Gasteiger partial charge < -0.3 is 29.7 Å². The van der Waals surface area contributed by atoms with Crippen LogP contribution in [0.2, 0.25) is 0 Å². The van der Waals surface area contributed by atoms with Gasteiger partial charge in [-0.1, -0.05) is 18.7 Å². The van der Waals surface area contributed by atoms with Crippen molar-refractivity contribution in [2.45, 2.75) is 19.1 Å². The number of anilines is 2. The van der Waals surface area contributed by atoms with E-state index in [4.69, 9.17) is 14.2 Å². The Bertz CT molecular complexity index is 1240. The van der Waals surface area contributed by atoms with Gasteiger partial charge in [-0.15, -0.1) is 0 Å². The summed E-state index contributed by atoms with van der Waals surface area (Å²) in [5.41, 5.74) is 3.22. The maximum atomic E-state index is 13.2. The predicted octanol–water partition coefficient (Wildman–Crippen LogP) is 2.93. The maximum absolute atomic E-state index is 13.2. The zero-order valence-corrected chi connectivity index (χ0v) is 21.0. The highest BCUT2D eigenvalue weighted by Crippen LogP contribution is 2.25. The lowest BCUT2D eigenvalue weighted by molar-refractivity contribution is -0.121. The molecule has 2 aromatic carbocycles. The highest BCUT2D eigenvalue weighted by atomic mass is 16.5. The Morgan fingerprint density at radius 3 is 2.65 bits per heavy atom. The molecule has 0 aliphatic carbocycles. The second-order valence-electron chi connectivity index (χ2n) is 8.49. The number of aromatic amines is 1. The first kappa shape index (κ1) is 25.8. The van der Waals surface area contributed by atoms with Crippen LogP contribution in [-0.4, -0.2) is 62.2 Å². The topological polar surface area (TPSA) is 118 Å². The quantitative estimate of drug-likeness (QED) is 0.363. The van der Waals surface area contributed by atoms with E-state index in [2.05, 4.69) is 27.4 Å². The van der Waals surface area contributed by atoms with E-state index in [1.165, 1.54) is 6.08 Å². The number of rotatable bonds is 10. The smallest absolute Gasteiger partial charge is 0.258 e. The second-order valence-corrected chi connectivity index (χ2v) is 8.49. The largest absolute Gasteiger partial charge is 0.497 e. The van der Waals surface area contributed by atoms with Crippen molar-refractivity contribution in [3.05, 3.63) is 78.0 Å². The molecule has 1 aliphatic heterocycles. The number of benzene rings is 2. The minimum absolute atomic E-state index is 0.274. The summed E-state index contributed by atoms with van der Waals surface area (Å²) in [6.07, 6.45) is 2.15. The molecule has 1 fully saturated rings. The third-order valence-corrected chi connectivity index (χ3v) is 6.01. The molecule has 1 aliphatic rings. The number of para-hydroxylation sites is 1. The molecule has 10 nitrogen and oxygen atoms in total. The van der Waals surface area contributed by atoms with E-state index in [0.29, 0.717) is 37.5 Å². The fraction of sp³-hybridized carbons (Fsp3) is 0.296. The lowest BCUT2D eigenvalue weighted by Crippen LogP contribution is -2.51. The molecule has 2 heterocycles. The number of hydrogen-bond donors (Lipinski definition) is 3. The van der Waals surface area contributed by atoms with E-state index >= 15 is 0 Å². The number of amides is 2. The molecule has 194 valence electrons. The Kier molecular flexibility index (Phi) is 8.42. The monoisotopic (exact) mass is 505 g/mol. The lowest BCUT2D eigenvalue weighted by atomic mass is 10.1. The van der Waals surface area contributed by atoms with Gasteiger partial charge in [-0.3, -0.25) is 14.7 Å². The van der Waals surface area contributed by atoms with Crippen LogP contribution in [0.15, 0.2) is 61.2 Å². The van der Waals surface area contributed by atoms with Gasteiger partial charge in [0.05, 0.1) is 32.9 Å². The van der Waals surface area contributed by atoms with Crippen LogP contribution < -0.4 is 25.0 Å². The molecule has 10 heteroatoms. The SMILES string of the molecule is C=CC(=O)NC1CN(c2ccccc2C(=O)Nc2cc(CCc3cc(OC)cc(OC)c3)[nH]n2)CCO1. The summed E-state index contributed by atoms with van der Waals surface area (Å²) in [7, 11) is 3.25. The third kappa shape index (κ3) is 6.68. The van der Waals surface area contributed by atoms with Gasteiger partial charge in [-0.05, 0) is 48.7 Å². The third-order valence-electron chi connectivity index (χ3n) is 6.01. The van der Waals surface area contributed by atoms with Crippen molar-refractivity contribution in [1.29, 1.82) is 0 Å². The minimum atomic E-state index is -0.492. The Morgan fingerprint density at radius 2 is 1.92 bits per heavy atom. The number of nitrogens with zero attached hydrogens (tertiary/aromatic N) is 2. The fourth-order valence-corrected chi connectivity index (χ4v) is 4.14. The Balaban J connectivity index is 1.40. The molecule has 1 atom stereocenters. The van der Waals surface area contributed by atoms with E-state index in [-0.39, 0.29) is 11.8 Å². The van der Waals surface area contributed by atoms with E-state index in [9.17, 15) is 9.59 Å². The molecule has 1 aromatic heterocycles. The van der Waals surface area contributed by atoms with Crippen LogP contribution in [0, 0.1) is 0 Å². The van der Waals surface area contributed by atoms with Gasteiger partial charge in [-0.25, -0.2) is 0 Å². The van der Waals surface area contributed by atoms with Crippen LogP contribution in [0.25, 0.3) is 0 Å². The van der Waals surface area contributed by atoms with Gasteiger partial charge in [0, 0.05) is 30.1 Å². The number of morpholine rings is 1. The summed E-state index contributed by atoms with van der Waals surface area (Å²) < 4.78 is 16.3. The van der Waals surface area contributed by atoms with E-state index in [1.54, 1.807) is 20.3 Å². The van der Waals surface area contributed by atoms with Crippen LogP contribution in [0.1, 0.15) is 21.6 Å². The minimum Gasteiger partial charge on any atom is -0.497 e. The highest BCUT2D eigenvalue weighted by Gasteiger charge is 2.25. The van der Waals surface area contributed by atoms with Crippen molar-refractivity contribution >= 4 is 23.3 Å². The summed E-state index contributed by atoms with van der Waals surface area (Å²) in [6.45, 7) is 4.88. The molecule has 4 rings (SSSR count). The molecule has 3 aromatic rings. The summed E-state index contributed by atoms with van der Waals surface area (Å²) in [4.78, 5) is 26.9. The summed E-state index contributed by atoms with van der Waals surface area (Å²) >= 11 is 0. The van der Waals surface area contributed by atoms with Gasteiger partial charge in [-0.2, -0.15) is 5.10 Å². The first-order valence-electron chi connectivity index (χ1n) is 11.9. The average Bonchev–Trinajstić information content (AvgIpc) is 3.38. The number of ether oxygens (including phenoxy) is 3. The predicted molar refractivity (Wildman–Crippen MR) is 140 cm³/mol. The summed E-state index contributed by atoms with van der Waals surface area (Å²) in [5.74, 6) is 1.33. The first-order valence-corrected chi connectivity index (χ1v) is 11.9. The maximum Gasteiger partial charge on any atom is 0.258 e. The average molecular weight is 506 g/mol.